The van der Waals surface area contributed by atoms with Crippen molar-refractivity contribution in [2.45, 2.75) is 6.92 Å². The van der Waals surface area contributed by atoms with Gasteiger partial charge in [0.2, 0.25) is 0 Å². The Morgan fingerprint density at radius 3 is 1.22 bits per heavy atom. The molecule has 118 valence electrons. The van der Waals surface area contributed by atoms with Gasteiger partial charge in [0.25, 0.3) is 0 Å². The molecule has 0 heterocycles. The Morgan fingerprint density at radius 1 is 0.565 bits per heavy atom. The van der Waals surface area contributed by atoms with E-state index in [1.807, 2.05) is 0 Å². The molecule has 2 aliphatic rings. The molecule has 0 N–H and O–H groups in total. The molecule has 0 aromatic carbocycles. The Hall–Kier alpha value is -0.521. The van der Waals surface area contributed by atoms with E-state index in [9.17, 15) is 0 Å². The largest absolute Gasteiger partial charge is 0 e. The van der Waals surface area contributed by atoms with Crippen LogP contribution >= 0.6 is 0 Å². The average molecular weight is 394 g/mol. The van der Waals surface area contributed by atoms with Crippen LogP contribution in [-0.2, 0) is 62.1 Å². The van der Waals surface area contributed by atoms with E-state index < -0.39 is 0 Å². The van der Waals surface area contributed by atoms with Crippen molar-refractivity contribution in [3.05, 3.63) is 89.8 Å². The third-order valence-electron chi connectivity index (χ3n) is 1.79. The molecule has 6 nitrogen and oxygen atoms in total. The zero-order valence-electron chi connectivity index (χ0n) is 11.6. The standard InChI is InChI=1S/C9H8.6CO.2Mn/c1-7-5-6-8-3-2-4-9(7)8;6*1-2;;/h2-6H,1H3;;;;;;;;. The van der Waals surface area contributed by atoms with Gasteiger partial charge in [-0.3, -0.25) is 0 Å². The smallest absolute Gasteiger partial charge is 0 e. The maximum atomic E-state index is 7.50. The fourth-order valence-electron chi connectivity index (χ4n) is 1.24. The van der Waals surface area contributed by atoms with Crippen molar-refractivity contribution in [3.63, 3.8) is 0 Å². The molecule has 0 amide bonds. The first-order chi connectivity index (χ1) is 10.4. The van der Waals surface area contributed by atoms with Crippen molar-refractivity contribution in [2.24, 2.45) is 0 Å². The second-order valence-electron chi connectivity index (χ2n) is 2.41. The number of fused-ring (bicyclic) bond motifs is 1. The van der Waals surface area contributed by atoms with Crippen molar-refractivity contribution >= 4 is 0 Å². The van der Waals surface area contributed by atoms with Crippen LogP contribution in [0.15, 0.2) is 0 Å². The van der Waals surface area contributed by atoms with Crippen LogP contribution in [0.4, 0.5) is 0 Å². The summed E-state index contributed by atoms with van der Waals surface area (Å²) in [6, 6.07) is 0. The molecule has 2 rings (SSSR count). The molecule has 0 saturated heterocycles. The van der Waals surface area contributed by atoms with Gasteiger partial charge >= 0.3 is 67.8 Å². The van der Waals surface area contributed by atoms with Gasteiger partial charge in [-0.15, -0.1) is 0 Å². The molecule has 0 aromatic rings. The zero-order chi connectivity index (χ0) is 18.3. The minimum absolute atomic E-state index is 0. The van der Waals surface area contributed by atoms with E-state index in [0.717, 1.165) is 0 Å². The summed E-state index contributed by atoms with van der Waals surface area (Å²) in [5.41, 5.74) is 0. The van der Waals surface area contributed by atoms with Crippen molar-refractivity contribution in [2.75, 3.05) is 0 Å². The van der Waals surface area contributed by atoms with E-state index in [2.05, 4.69) is 78.9 Å². The fourth-order valence-corrected chi connectivity index (χ4v) is 1.24. The molecule has 0 atom stereocenters. The summed E-state index contributed by atoms with van der Waals surface area (Å²) >= 11 is 0. The monoisotopic (exact) mass is 394 g/mol. The fraction of sp³-hybridized carbons (Fsp3) is 0.0667. The molecular formula is C15H8Mn2O6. The van der Waals surface area contributed by atoms with E-state index in [4.69, 9.17) is 27.9 Å². The van der Waals surface area contributed by atoms with Crippen LogP contribution in [0.5, 0.6) is 0 Å². The second kappa shape index (κ2) is 49.6. The summed E-state index contributed by atoms with van der Waals surface area (Å²) in [7, 11) is 0. The van der Waals surface area contributed by atoms with Crippen LogP contribution in [-0.4, -0.2) is 0 Å². The van der Waals surface area contributed by atoms with Crippen LogP contribution in [0, 0.1) is 89.8 Å². The molecule has 10 radical (unpaired) electrons. The first-order valence-electron chi connectivity index (χ1n) is 4.38. The molecule has 23 heavy (non-hydrogen) atoms. The van der Waals surface area contributed by atoms with Crippen LogP contribution in [0.1, 0.15) is 6.92 Å². The Morgan fingerprint density at radius 2 is 0.913 bits per heavy atom. The molecule has 0 aliphatic heterocycles. The Labute approximate surface area is 158 Å². The van der Waals surface area contributed by atoms with Gasteiger partial charge in [-0.05, 0) is 49.9 Å². The summed E-state index contributed by atoms with van der Waals surface area (Å²) in [4.78, 5) is 0. The van der Waals surface area contributed by atoms with Crippen molar-refractivity contribution < 1.29 is 62.1 Å². The van der Waals surface area contributed by atoms with Gasteiger partial charge < -0.3 is 0 Å². The first kappa shape index (κ1) is 43.3. The Balaban J connectivity index is -0.0000000320. The van der Waals surface area contributed by atoms with E-state index in [1.165, 1.54) is 17.8 Å². The molecule has 2 fully saturated rings. The van der Waals surface area contributed by atoms with E-state index in [0.29, 0.717) is 0 Å². The molecule has 0 unspecified atom stereocenters. The molecule has 2 saturated carbocycles. The van der Waals surface area contributed by atoms with Gasteiger partial charge in [0, 0.05) is 34.1 Å². The van der Waals surface area contributed by atoms with Crippen molar-refractivity contribution in [1.29, 1.82) is 0 Å². The summed E-state index contributed by atoms with van der Waals surface area (Å²) < 4.78 is 45.0. The van der Waals surface area contributed by atoms with Gasteiger partial charge in [-0.1, -0.05) is 6.92 Å². The number of hydrogen-bond acceptors (Lipinski definition) is 0. The van der Waals surface area contributed by atoms with E-state index in [1.54, 1.807) is 0 Å². The maximum absolute atomic E-state index is 7.50. The van der Waals surface area contributed by atoms with Crippen LogP contribution < -0.4 is 0 Å². The Bertz CT molecular complexity index is 273. The van der Waals surface area contributed by atoms with E-state index >= 15 is 0 Å². The molecule has 8 heteroatoms. The van der Waals surface area contributed by atoms with Crippen LogP contribution in [0.25, 0.3) is 0 Å². The predicted molar refractivity (Wildman–Crippen MR) is 60.5 cm³/mol. The van der Waals surface area contributed by atoms with Crippen LogP contribution in [0.3, 0.4) is 0 Å². The van der Waals surface area contributed by atoms with Crippen molar-refractivity contribution in [3.8, 4) is 0 Å². The van der Waals surface area contributed by atoms with Crippen LogP contribution in [0.2, 0.25) is 0 Å². The van der Waals surface area contributed by atoms with Gasteiger partial charge in [0.1, 0.15) is 0 Å². The molecule has 2 aliphatic carbocycles. The van der Waals surface area contributed by atoms with Crippen molar-refractivity contribution in [1.82, 2.24) is 0 Å². The first-order valence-corrected chi connectivity index (χ1v) is 4.38. The van der Waals surface area contributed by atoms with Gasteiger partial charge in [-0.2, -0.15) is 0 Å². The normalized spacial score (nSPS) is 12.9. The summed E-state index contributed by atoms with van der Waals surface area (Å²) in [6.45, 7) is 29.1. The average Bonchev–Trinajstić information content (AvgIpc) is 3.24. The molecule has 0 spiro atoms. The van der Waals surface area contributed by atoms with Gasteiger partial charge in [0.15, 0.2) is 0 Å². The third kappa shape index (κ3) is 23.9. The number of rotatable bonds is 0. The second-order valence-corrected chi connectivity index (χ2v) is 2.41. The minimum Gasteiger partial charge on any atom is 0 e. The number of hydrogen-bond donors (Lipinski definition) is 0. The molecule has 0 aromatic heterocycles. The summed E-state index contributed by atoms with van der Waals surface area (Å²) in [5.74, 6) is 4.15. The quantitative estimate of drug-likeness (QED) is 0.337. The molecular weight excluding hydrogens is 386 g/mol. The van der Waals surface area contributed by atoms with Gasteiger partial charge in [-0.25, -0.2) is 0 Å². The summed E-state index contributed by atoms with van der Waals surface area (Å²) in [6.07, 6.45) is 10.7. The predicted octanol–water partition coefficient (Wildman–Crippen LogP) is 1.55. The zero-order valence-corrected chi connectivity index (χ0v) is 14.0. The van der Waals surface area contributed by atoms with Gasteiger partial charge in [0.05, 0.1) is 0 Å². The summed E-state index contributed by atoms with van der Waals surface area (Å²) in [5, 5.41) is 0. The SMILES string of the molecule is C[C]1[CH][CH][C]2[CH][CH][CH][C]12.[C-]#[O+].[C-]#[O+].[C-]#[O+].[C-]#[O+].[C-]#[O+].[C-]#[O+].[Mn].[Mn]. The third-order valence-corrected chi connectivity index (χ3v) is 1.79. The topological polar surface area (TPSA) is 119 Å². The van der Waals surface area contributed by atoms with E-state index in [-0.39, 0.29) is 34.1 Å². The Kier molecular flexibility index (Phi) is 93.3. The minimum atomic E-state index is 0. The molecule has 0 bridgehead atoms. The maximum Gasteiger partial charge on any atom is 0 e.